The summed E-state index contributed by atoms with van der Waals surface area (Å²) in [7, 11) is 0. The van der Waals surface area contributed by atoms with Crippen LogP contribution in [0.5, 0.6) is 0 Å². The van der Waals surface area contributed by atoms with Crippen molar-refractivity contribution in [1.82, 2.24) is 4.98 Å². The number of benzene rings is 1. The third-order valence-corrected chi connectivity index (χ3v) is 3.20. The van der Waals surface area contributed by atoms with E-state index in [-0.39, 0.29) is 0 Å². The van der Waals surface area contributed by atoms with Crippen molar-refractivity contribution >= 4 is 27.5 Å². The lowest BCUT2D eigenvalue weighted by Crippen LogP contribution is -2.13. The lowest BCUT2D eigenvalue weighted by molar-refractivity contribution is 0.616. The van der Waals surface area contributed by atoms with E-state index in [0.29, 0.717) is 10.6 Å². The highest BCUT2D eigenvalue weighted by Crippen LogP contribution is 2.28. The molecule has 2 rings (SSSR count). The largest absolute Gasteiger partial charge is 0.320 e. The minimum atomic E-state index is -0.487. The lowest BCUT2D eigenvalue weighted by atomic mass is 10.0. The molecule has 88 valence electrons. The third kappa shape index (κ3) is 2.83. The predicted molar refractivity (Wildman–Crippen MR) is 69.4 cm³/mol. The monoisotopic (exact) mass is 314 g/mol. The van der Waals surface area contributed by atoms with Crippen molar-refractivity contribution < 1.29 is 4.39 Å². The van der Waals surface area contributed by atoms with Crippen molar-refractivity contribution in [2.75, 3.05) is 0 Å². The van der Waals surface area contributed by atoms with Gasteiger partial charge in [0.05, 0.1) is 12.2 Å². The van der Waals surface area contributed by atoms with E-state index in [2.05, 4.69) is 20.9 Å². The van der Waals surface area contributed by atoms with E-state index in [4.69, 9.17) is 17.3 Å². The SMILES string of the molecule is NC(c1cncc(F)c1)c1ccc(Br)cc1Cl. The van der Waals surface area contributed by atoms with Gasteiger partial charge in [-0.1, -0.05) is 33.6 Å². The number of nitrogens with two attached hydrogens (primary N) is 1. The normalized spacial score (nSPS) is 12.5. The van der Waals surface area contributed by atoms with Crippen LogP contribution < -0.4 is 5.73 Å². The maximum atomic E-state index is 13.0. The first-order chi connectivity index (χ1) is 8.08. The van der Waals surface area contributed by atoms with Gasteiger partial charge in [0.25, 0.3) is 0 Å². The molecule has 0 bridgehead atoms. The van der Waals surface area contributed by atoms with Crippen molar-refractivity contribution in [1.29, 1.82) is 0 Å². The molecule has 0 saturated heterocycles. The fraction of sp³-hybridized carbons (Fsp3) is 0.0833. The second-order valence-corrected chi connectivity index (χ2v) is 4.90. The van der Waals surface area contributed by atoms with E-state index in [9.17, 15) is 4.39 Å². The van der Waals surface area contributed by atoms with Gasteiger partial charge in [0.1, 0.15) is 5.82 Å². The first kappa shape index (κ1) is 12.5. The summed E-state index contributed by atoms with van der Waals surface area (Å²) in [5, 5.41) is 0.538. The van der Waals surface area contributed by atoms with Crippen molar-refractivity contribution in [3.63, 3.8) is 0 Å². The minimum absolute atomic E-state index is 0.411. The molecular weight excluding hydrogens is 307 g/mol. The molecule has 0 aliphatic carbocycles. The van der Waals surface area contributed by atoms with E-state index in [1.807, 2.05) is 12.1 Å². The minimum Gasteiger partial charge on any atom is -0.320 e. The average molecular weight is 316 g/mol. The lowest BCUT2D eigenvalue weighted by Gasteiger charge is -2.14. The van der Waals surface area contributed by atoms with Gasteiger partial charge >= 0.3 is 0 Å². The van der Waals surface area contributed by atoms with Gasteiger partial charge < -0.3 is 5.73 Å². The number of nitrogens with zero attached hydrogens (tertiary/aromatic N) is 1. The Morgan fingerprint density at radius 1 is 1.29 bits per heavy atom. The smallest absolute Gasteiger partial charge is 0.141 e. The number of pyridine rings is 1. The first-order valence-electron chi connectivity index (χ1n) is 4.89. The number of aromatic nitrogens is 1. The van der Waals surface area contributed by atoms with E-state index in [1.165, 1.54) is 12.3 Å². The third-order valence-electron chi connectivity index (χ3n) is 2.38. The molecule has 2 N–H and O–H groups in total. The summed E-state index contributed by atoms with van der Waals surface area (Å²) < 4.78 is 13.9. The summed E-state index contributed by atoms with van der Waals surface area (Å²) in [6.45, 7) is 0. The van der Waals surface area contributed by atoms with Gasteiger partial charge in [0.15, 0.2) is 0 Å². The fourth-order valence-corrected chi connectivity index (χ4v) is 2.32. The molecule has 0 amide bonds. The van der Waals surface area contributed by atoms with Gasteiger partial charge in [0.2, 0.25) is 0 Å². The van der Waals surface area contributed by atoms with Crippen molar-refractivity contribution in [2.24, 2.45) is 5.73 Å². The molecule has 0 aliphatic rings. The maximum absolute atomic E-state index is 13.0. The topological polar surface area (TPSA) is 38.9 Å². The molecule has 0 radical (unpaired) electrons. The van der Waals surface area contributed by atoms with Crippen LogP contribution in [0.4, 0.5) is 4.39 Å². The summed E-state index contributed by atoms with van der Waals surface area (Å²) in [6, 6.07) is 6.27. The molecule has 2 nitrogen and oxygen atoms in total. The molecule has 1 atom stereocenters. The van der Waals surface area contributed by atoms with Crippen LogP contribution in [0.25, 0.3) is 0 Å². The van der Waals surface area contributed by atoms with Gasteiger partial charge in [-0.05, 0) is 29.3 Å². The average Bonchev–Trinajstić information content (AvgIpc) is 2.28. The summed E-state index contributed by atoms with van der Waals surface area (Å²) >= 11 is 9.41. The van der Waals surface area contributed by atoms with Crippen LogP contribution in [-0.2, 0) is 0 Å². The molecular formula is C12H9BrClFN2. The van der Waals surface area contributed by atoms with Crippen LogP contribution in [0.15, 0.2) is 41.1 Å². The van der Waals surface area contributed by atoms with E-state index in [0.717, 1.165) is 16.2 Å². The second kappa shape index (κ2) is 5.12. The summed E-state index contributed by atoms with van der Waals surface area (Å²) in [6.07, 6.45) is 2.67. The summed E-state index contributed by atoms with van der Waals surface area (Å²) in [4.78, 5) is 3.77. The second-order valence-electron chi connectivity index (χ2n) is 3.58. The molecule has 1 unspecified atom stereocenters. The van der Waals surface area contributed by atoms with Gasteiger partial charge in [-0.3, -0.25) is 4.98 Å². The Balaban J connectivity index is 2.40. The highest BCUT2D eigenvalue weighted by molar-refractivity contribution is 9.10. The van der Waals surface area contributed by atoms with E-state index >= 15 is 0 Å². The van der Waals surface area contributed by atoms with Crippen molar-refractivity contribution in [3.8, 4) is 0 Å². The van der Waals surface area contributed by atoms with Gasteiger partial charge in [-0.15, -0.1) is 0 Å². The van der Waals surface area contributed by atoms with Crippen molar-refractivity contribution in [3.05, 3.63) is 63.1 Å². The van der Waals surface area contributed by atoms with Gasteiger partial charge in [-0.2, -0.15) is 0 Å². The van der Waals surface area contributed by atoms with Crippen LogP contribution in [0.1, 0.15) is 17.2 Å². The maximum Gasteiger partial charge on any atom is 0.141 e. The van der Waals surface area contributed by atoms with Gasteiger partial charge in [0, 0.05) is 15.7 Å². The Morgan fingerprint density at radius 2 is 2.06 bits per heavy atom. The van der Waals surface area contributed by atoms with Crippen LogP contribution in [0.3, 0.4) is 0 Å². The standard InChI is InChI=1S/C12H9BrClFN2/c13-8-1-2-10(11(14)4-8)12(16)7-3-9(15)6-17-5-7/h1-6,12H,16H2. The molecule has 1 aromatic heterocycles. The quantitative estimate of drug-likeness (QED) is 0.918. The molecule has 2 aromatic rings. The molecule has 1 heterocycles. The Bertz CT molecular complexity index is 548. The molecule has 5 heteroatoms. The summed E-state index contributed by atoms with van der Waals surface area (Å²) in [5.41, 5.74) is 7.36. The highest BCUT2D eigenvalue weighted by Gasteiger charge is 2.13. The number of rotatable bonds is 2. The number of hydrogen-bond acceptors (Lipinski definition) is 2. The van der Waals surface area contributed by atoms with Crippen LogP contribution >= 0.6 is 27.5 Å². The van der Waals surface area contributed by atoms with Crippen LogP contribution in [0, 0.1) is 5.82 Å². The van der Waals surface area contributed by atoms with Gasteiger partial charge in [-0.25, -0.2) is 4.39 Å². The zero-order valence-corrected chi connectivity index (χ0v) is 11.0. The molecule has 0 aliphatic heterocycles. The van der Waals surface area contributed by atoms with Crippen molar-refractivity contribution in [2.45, 2.75) is 6.04 Å². The Morgan fingerprint density at radius 3 is 2.71 bits per heavy atom. The van der Waals surface area contributed by atoms with E-state index < -0.39 is 11.9 Å². The highest BCUT2D eigenvalue weighted by atomic mass is 79.9. The zero-order chi connectivity index (χ0) is 12.4. The zero-order valence-electron chi connectivity index (χ0n) is 8.70. The van der Waals surface area contributed by atoms with Crippen LogP contribution in [0.2, 0.25) is 5.02 Å². The van der Waals surface area contributed by atoms with Crippen LogP contribution in [-0.4, -0.2) is 4.98 Å². The Labute approximate surface area is 112 Å². The number of hydrogen-bond donors (Lipinski definition) is 1. The first-order valence-corrected chi connectivity index (χ1v) is 6.06. The predicted octanol–water partition coefficient (Wildman–Crippen LogP) is 3.68. The molecule has 0 fully saturated rings. The Hall–Kier alpha value is -0.970. The summed E-state index contributed by atoms with van der Waals surface area (Å²) in [5.74, 6) is -0.411. The molecule has 0 spiro atoms. The molecule has 1 aromatic carbocycles. The van der Waals surface area contributed by atoms with E-state index in [1.54, 1.807) is 6.07 Å². The molecule has 0 saturated carbocycles. The number of halogens is 3. The molecule has 17 heavy (non-hydrogen) atoms. The Kier molecular flexibility index (Phi) is 3.76. The fourth-order valence-electron chi connectivity index (χ4n) is 1.53.